The van der Waals surface area contributed by atoms with Gasteiger partial charge in [-0.15, -0.1) is 0 Å². The number of rotatable bonds is 5. The molecule has 10 heteroatoms. The van der Waals surface area contributed by atoms with Crippen molar-refractivity contribution in [3.63, 3.8) is 0 Å². The monoisotopic (exact) mass is 358 g/mol. The molecule has 2 aromatic heterocycles. The summed E-state index contributed by atoms with van der Waals surface area (Å²) in [6.45, 7) is 1.36. The molecule has 1 unspecified atom stereocenters. The van der Waals surface area contributed by atoms with E-state index < -0.39 is 17.8 Å². The van der Waals surface area contributed by atoms with Crippen LogP contribution in [0, 0.1) is 0 Å². The van der Waals surface area contributed by atoms with E-state index in [4.69, 9.17) is 14.9 Å². The van der Waals surface area contributed by atoms with E-state index in [1.165, 1.54) is 4.57 Å². The van der Waals surface area contributed by atoms with Crippen LogP contribution in [0.5, 0.6) is 0 Å². The fraction of sp³-hybridized carbons (Fsp3) is 0.312. The molecule has 3 aromatic rings. The van der Waals surface area contributed by atoms with Gasteiger partial charge in [0.2, 0.25) is 11.9 Å². The Hall–Kier alpha value is -3.43. The highest BCUT2D eigenvalue weighted by molar-refractivity contribution is 5.79. The maximum absolute atomic E-state index is 12.4. The third-order valence-corrected chi connectivity index (χ3v) is 3.68. The summed E-state index contributed by atoms with van der Waals surface area (Å²) >= 11 is 0. The van der Waals surface area contributed by atoms with Gasteiger partial charge in [0.05, 0.1) is 5.52 Å². The fourth-order valence-corrected chi connectivity index (χ4v) is 2.40. The number of nitrogens with zero attached hydrogens (tertiary/aromatic N) is 5. The molecule has 0 saturated carbocycles. The molecule has 0 amide bonds. The van der Waals surface area contributed by atoms with Gasteiger partial charge < -0.3 is 19.8 Å². The molecule has 1 aromatic carbocycles. The topological polar surface area (TPSA) is 129 Å². The third kappa shape index (κ3) is 3.34. The van der Waals surface area contributed by atoms with Gasteiger partial charge in [0.15, 0.2) is 18.0 Å². The van der Waals surface area contributed by atoms with Crippen LogP contribution in [0.15, 0.2) is 33.5 Å². The number of carbonyl (C=O) groups is 1. The molecule has 0 aliphatic heterocycles. The Labute approximate surface area is 148 Å². The lowest BCUT2D eigenvalue weighted by molar-refractivity contribution is -0.148. The Kier molecular flexibility index (Phi) is 4.57. The molecule has 0 saturated heterocycles. The highest BCUT2D eigenvalue weighted by atomic mass is 16.5. The summed E-state index contributed by atoms with van der Waals surface area (Å²) in [7, 11) is 3.51. The lowest BCUT2D eigenvalue weighted by Gasteiger charge is -2.13. The first kappa shape index (κ1) is 17.4. The number of benzene rings is 1. The smallest absolute Gasteiger partial charge is 0.420 e. The number of esters is 1. The van der Waals surface area contributed by atoms with Crippen molar-refractivity contribution >= 4 is 29.0 Å². The summed E-state index contributed by atoms with van der Waals surface area (Å²) in [5.74, 6) is -0.654. The Balaban J connectivity index is 1.78. The minimum Gasteiger partial charge on any atom is -0.456 e. The number of hydrogen-bond donors (Lipinski definition) is 1. The Bertz CT molecular complexity index is 1010. The number of ether oxygens (including phenoxy) is 1. The van der Waals surface area contributed by atoms with Crippen molar-refractivity contribution in [2.24, 2.45) is 0 Å². The van der Waals surface area contributed by atoms with Crippen LogP contribution >= 0.6 is 0 Å². The van der Waals surface area contributed by atoms with Crippen LogP contribution in [0.1, 0.15) is 18.8 Å². The van der Waals surface area contributed by atoms with Crippen molar-refractivity contribution < 1.29 is 13.9 Å². The van der Waals surface area contributed by atoms with Crippen LogP contribution < -0.4 is 16.4 Å². The number of fused-ring (bicyclic) bond motifs is 1. The number of anilines is 2. The molecule has 0 aliphatic carbocycles. The van der Waals surface area contributed by atoms with Gasteiger partial charge in [-0.3, -0.25) is 4.57 Å². The molecule has 10 nitrogen and oxygen atoms in total. The average molecular weight is 358 g/mol. The highest BCUT2D eigenvalue weighted by Crippen LogP contribution is 2.18. The molecular formula is C16H18N6O4. The highest BCUT2D eigenvalue weighted by Gasteiger charge is 2.23. The van der Waals surface area contributed by atoms with Crippen LogP contribution in [-0.2, 0) is 16.1 Å². The number of aromatic nitrogens is 4. The van der Waals surface area contributed by atoms with Crippen molar-refractivity contribution in [1.82, 2.24) is 19.5 Å². The molecular weight excluding hydrogens is 340 g/mol. The van der Waals surface area contributed by atoms with Gasteiger partial charge in [-0.1, -0.05) is 12.1 Å². The van der Waals surface area contributed by atoms with Gasteiger partial charge in [0.25, 0.3) is 0 Å². The second-order valence-corrected chi connectivity index (χ2v) is 5.79. The second-order valence-electron chi connectivity index (χ2n) is 5.79. The van der Waals surface area contributed by atoms with E-state index in [-0.39, 0.29) is 18.4 Å². The quantitative estimate of drug-likeness (QED) is 0.656. The van der Waals surface area contributed by atoms with Crippen molar-refractivity contribution in [2.75, 3.05) is 24.7 Å². The van der Waals surface area contributed by atoms with Gasteiger partial charge >= 0.3 is 11.7 Å². The summed E-state index contributed by atoms with van der Waals surface area (Å²) < 4.78 is 11.6. The summed E-state index contributed by atoms with van der Waals surface area (Å²) in [6.07, 6.45) is 0. The summed E-state index contributed by atoms with van der Waals surface area (Å²) in [5, 5.41) is 0. The zero-order valence-corrected chi connectivity index (χ0v) is 14.5. The van der Waals surface area contributed by atoms with E-state index in [2.05, 4.69) is 15.0 Å². The van der Waals surface area contributed by atoms with Gasteiger partial charge in [0, 0.05) is 14.1 Å². The fourth-order valence-electron chi connectivity index (χ4n) is 2.40. The molecule has 2 heterocycles. The lowest BCUT2D eigenvalue weighted by Crippen LogP contribution is -2.26. The zero-order chi connectivity index (χ0) is 18.8. The van der Waals surface area contributed by atoms with Crippen molar-refractivity contribution in [1.29, 1.82) is 0 Å². The lowest BCUT2D eigenvalue weighted by atomic mass is 10.3. The zero-order valence-electron chi connectivity index (χ0n) is 14.5. The SMILES string of the molecule is CC(C(=O)OCc1nc(N)nc(N(C)C)n1)n1c(=O)oc2ccccc21. The van der Waals surface area contributed by atoms with E-state index in [9.17, 15) is 9.59 Å². The number of nitrogens with two attached hydrogens (primary N) is 1. The summed E-state index contributed by atoms with van der Waals surface area (Å²) in [5.41, 5.74) is 6.55. The van der Waals surface area contributed by atoms with E-state index in [1.54, 1.807) is 50.2 Å². The molecule has 0 bridgehead atoms. The van der Waals surface area contributed by atoms with Gasteiger partial charge in [-0.05, 0) is 19.1 Å². The van der Waals surface area contributed by atoms with Gasteiger partial charge in [0.1, 0.15) is 6.04 Å². The maximum atomic E-state index is 12.4. The van der Waals surface area contributed by atoms with Crippen LogP contribution in [0.2, 0.25) is 0 Å². The Morgan fingerprint density at radius 1 is 1.31 bits per heavy atom. The second kappa shape index (κ2) is 6.82. The Morgan fingerprint density at radius 2 is 2.04 bits per heavy atom. The number of nitrogen functional groups attached to an aromatic ring is 1. The molecule has 2 N–H and O–H groups in total. The molecule has 0 radical (unpaired) electrons. The van der Waals surface area contributed by atoms with Crippen LogP contribution in [0.3, 0.4) is 0 Å². The number of carbonyl (C=O) groups excluding carboxylic acids is 1. The molecule has 0 aliphatic rings. The number of oxazole rings is 1. The minimum absolute atomic E-state index is 0.0276. The van der Waals surface area contributed by atoms with Crippen LogP contribution in [0.25, 0.3) is 11.1 Å². The normalized spacial score (nSPS) is 12.1. The van der Waals surface area contributed by atoms with E-state index in [0.29, 0.717) is 17.0 Å². The number of para-hydroxylation sites is 2. The van der Waals surface area contributed by atoms with E-state index in [0.717, 1.165) is 0 Å². The predicted octanol–water partition coefficient (Wildman–Crippen LogP) is 0.732. The molecule has 136 valence electrons. The summed E-state index contributed by atoms with van der Waals surface area (Å²) in [6, 6.07) is 5.97. The van der Waals surface area contributed by atoms with Crippen LogP contribution in [-0.4, -0.2) is 39.6 Å². The largest absolute Gasteiger partial charge is 0.456 e. The van der Waals surface area contributed by atoms with Gasteiger partial charge in [-0.2, -0.15) is 15.0 Å². The predicted molar refractivity (Wildman–Crippen MR) is 93.5 cm³/mol. The third-order valence-electron chi connectivity index (χ3n) is 3.68. The van der Waals surface area contributed by atoms with E-state index in [1.807, 2.05) is 0 Å². The molecule has 3 rings (SSSR count). The van der Waals surface area contributed by atoms with Crippen molar-refractivity contribution in [3.8, 4) is 0 Å². The first-order valence-corrected chi connectivity index (χ1v) is 7.81. The molecule has 0 spiro atoms. The van der Waals surface area contributed by atoms with Crippen molar-refractivity contribution in [2.45, 2.75) is 19.6 Å². The Morgan fingerprint density at radius 3 is 2.77 bits per heavy atom. The minimum atomic E-state index is -0.876. The first-order chi connectivity index (χ1) is 12.4. The van der Waals surface area contributed by atoms with Crippen LogP contribution in [0.4, 0.5) is 11.9 Å². The van der Waals surface area contributed by atoms with Crippen molar-refractivity contribution in [3.05, 3.63) is 40.6 Å². The molecule has 1 atom stereocenters. The average Bonchev–Trinajstić information content (AvgIpc) is 2.94. The maximum Gasteiger partial charge on any atom is 0.420 e. The summed E-state index contributed by atoms with van der Waals surface area (Å²) in [4.78, 5) is 38.2. The number of hydrogen-bond acceptors (Lipinski definition) is 9. The first-order valence-electron chi connectivity index (χ1n) is 7.81. The van der Waals surface area contributed by atoms with E-state index >= 15 is 0 Å². The molecule has 0 fully saturated rings. The van der Waals surface area contributed by atoms with Gasteiger partial charge in [-0.25, -0.2) is 9.59 Å². The standard InChI is InChI=1S/C16H18N6O4/c1-9(22-10-6-4-5-7-11(10)26-16(22)24)13(23)25-8-12-18-14(17)20-15(19-12)21(2)3/h4-7,9H,8H2,1-3H3,(H2,17,18,19,20). The molecule has 26 heavy (non-hydrogen) atoms.